The normalized spacial score (nSPS) is 14.4. The molecule has 0 amide bonds. The summed E-state index contributed by atoms with van der Waals surface area (Å²) in [6.45, 7) is 0. The molecule has 6 aromatic carbocycles. The van der Waals surface area contributed by atoms with Gasteiger partial charge in [0.25, 0.3) is 0 Å². The summed E-state index contributed by atoms with van der Waals surface area (Å²) in [7, 11) is 0. The van der Waals surface area contributed by atoms with Crippen LogP contribution in [0.15, 0.2) is 121 Å². The lowest BCUT2D eigenvalue weighted by atomic mass is 9.84. The van der Waals surface area contributed by atoms with Crippen LogP contribution in [0.25, 0.3) is 41.7 Å². The number of para-hydroxylation sites is 1. The largest absolute Gasteiger partial charge is 0.310 e. The lowest BCUT2D eigenvalue weighted by molar-refractivity contribution is 0.443. The van der Waals surface area contributed by atoms with Gasteiger partial charge in [-0.25, -0.2) is 0 Å². The lowest BCUT2D eigenvalue weighted by Gasteiger charge is -2.28. The molecule has 8 rings (SSSR count). The Balaban J connectivity index is 1.38. The van der Waals surface area contributed by atoms with E-state index in [9.17, 15) is 0 Å². The number of benzene rings is 6. The van der Waals surface area contributed by atoms with E-state index >= 15 is 0 Å². The zero-order valence-electron chi connectivity index (χ0n) is 22.5. The molecule has 1 heterocycles. The third-order valence-corrected chi connectivity index (χ3v) is 9.93. The van der Waals surface area contributed by atoms with Crippen LogP contribution in [0.1, 0.15) is 43.6 Å². The third-order valence-electron chi connectivity index (χ3n) is 8.83. The second-order valence-corrected chi connectivity index (χ2v) is 12.3. The van der Waals surface area contributed by atoms with E-state index in [4.69, 9.17) is 0 Å². The van der Waals surface area contributed by atoms with Gasteiger partial charge in [-0.2, -0.15) is 0 Å². The topological polar surface area (TPSA) is 3.24 Å². The van der Waals surface area contributed by atoms with Crippen LogP contribution in [0.5, 0.6) is 0 Å². The maximum absolute atomic E-state index is 2.45. The van der Waals surface area contributed by atoms with Gasteiger partial charge in [0.2, 0.25) is 0 Å². The molecule has 0 N–H and O–H groups in total. The first-order valence-corrected chi connectivity index (χ1v) is 15.4. The van der Waals surface area contributed by atoms with Crippen molar-refractivity contribution in [2.24, 2.45) is 0 Å². The Kier molecular flexibility index (Phi) is 5.81. The number of thiophene rings is 1. The predicted octanol–water partition coefficient (Wildman–Crippen LogP) is 11.9. The summed E-state index contributed by atoms with van der Waals surface area (Å²) in [5, 5.41) is 7.98. The molecule has 1 aromatic heterocycles. The van der Waals surface area contributed by atoms with Crippen LogP contribution in [-0.4, -0.2) is 0 Å². The summed E-state index contributed by atoms with van der Waals surface area (Å²) in [5.41, 5.74) is 5.12. The van der Waals surface area contributed by atoms with Crippen molar-refractivity contribution in [3.63, 3.8) is 0 Å². The summed E-state index contributed by atoms with van der Waals surface area (Å²) >= 11 is 1.91. The van der Waals surface area contributed by atoms with E-state index in [0.717, 1.165) is 0 Å². The summed E-state index contributed by atoms with van der Waals surface area (Å²) < 4.78 is 2.68. The molecular weight excluding hydrogens is 502 g/mol. The first kappa shape index (κ1) is 23.7. The van der Waals surface area contributed by atoms with E-state index in [2.05, 4.69) is 126 Å². The number of hydrogen-bond acceptors (Lipinski definition) is 2. The molecule has 0 bridgehead atoms. The van der Waals surface area contributed by atoms with Gasteiger partial charge in [0, 0.05) is 36.9 Å². The van der Waals surface area contributed by atoms with Crippen molar-refractivity contribution in [3.8, 4) is 0 Å². The maximum atomic E-state index is 2.45. The number of hydrogen-bond donors (Lipinski definition) is 0. The van der Waals surface area contributed by atoms with Crippen LogP contribution in [0, 0.1) is 0 Å². The molecule has 40 heavy (non-hydrogen) atoms. The van der Waals surface area contributed by atoms with Gasteiger partial charge >= 0.3 is 0 Å². The fourth-order valence-electron chi connectivity index (χ4n) is 6.90. The summed E-state index contributed by atoms with van der Waals surface area (Å²) in [6, 6.07) is 45.1. The molecule has 0 unspecified atom stereocenters. The fourth-order valence-corrected chi connectivity index (χ4v) is 8.08. The molecule has 1 aliphatic carbocycles. The van der Waals surface area contributed by atoms with E-state index < -0.39 is 0 Å². The first-order valence-electron chi connectivity index (χ1n) is 14.6. The molecule has 1 aliphatic rings. The smallest absolute Gasteiger partial charge is 0.0554 e. The highest BCUT2D eigenvalue weighted by molar-refractivity contribution is 7.26. The van der Waals surface area contributed by atoms with E-state index in [-0.39, 0.29) is 0 Å². The third kappa shape index (κ3) is 3.90. The summed E-state index contributed by atoms with van der Waals surface area (Å²) in [6.07, 6.45) is 6.75. The molecule has 1 saturated carbocycles. The fraction of sp³-hybridized carbons (Fsp3) is 0.158. The molecule has 2 heteroatoms. The Morgan fingerprint density at radius 1 is 0.525 bits per heavy atom. The Labute approximate surface area is 239 Å². The monoisotopic (exact) mass is 533 g/mol. The lowest BCUT2D eigenvalue weighted by Crippen LogP contribution is -2.11. The van der Waals surface area contributed by atoms with Gasteiger partial charge in [-0.05, 0) is 76.9 Å². The van der Waals surface area contributed by atoms with Crippen LogP contribution in [0.4, 0.5) is 17.1 Å². The van der Waals surface area contributed by atoms with Crippen LogP contribution < -0.4 is 4.90 Å². The quantitative estimate of drug-likeness (QED) is 0.217. The van der Waals surface area contributed by atoms with Crippen LogP contribution >= 0.6 is 11.3 Å². The second kappa shape index (κ2) is 9.80. The summed E-state index contributed by atoms with van der Waals surface area (Å²) in [5.74, 6) is 0.707. The minimum absolute atomic E-state index is 0.707. The first-order chi connectivity index (χ1) is 19.8. The van der Waals surface area contributed by atoms with Crippen LogP contribution in [0.3, 0.4) is 0 Å². The van der Waals surface area contributed by atoms with Crippen molar-refractivity contribution in [2.75, 3.05) is 4.90 Å². The molecule has 0 spiro atoms. The van der Waals surface area contributed by atoms with Crippen LogP contribution in [0.2, 0.25) is 0 Å². The molecule has 1 fully saturated rings. The van der Waals surface area contributed by atoms with Gasteiger partial charge in [0.15, 0.2) is 0 Å². The Bertz CT molecular complexity index is 1980. The van der Waals surface area contributed by atoms with E-state index in [1.165, 1.54) is 96.4 Å². The van der Waals surface area contributed by atoms with Gasteiger partial charge in [-0.3, -0.25) is 0 Å². The highest BCUT2D eigenvalue weighted by Gasteiger charge is 2.21. The van der Waals surface area contributed by atoms with Crippen molar-refractivity contribution in [1.29, 1.82) is 0 Å². The average Bonchev–Trinajstić information content (AvgIpc) is 3.42. The number of anilines is 3. The molecular formula is C38H31NS. The van der Waals surface area contributed by atoms with Crippen molar-refractivity contribution in [3.05, 3.63) is 127 Å². The van der Waals surface area contributed by atoms with Gasteiger partial charge in [0.1, 0.15) is 0 Å². The Morgan fingerprint density at radius 3 is 1.98 bits per heavy atom. The zero-order valence-corrected chi connectivity index (χ0v) is 23.3. The SMILES string of the molecule is c1ccc(N(c2ccc(C3CCCCC3)cc2)c2cc3sc4ccc5ccccc5c4c3c3ccccc23)cc1. The van der Waals surface area contributed by atoms with Crippen molar-refractivity contribution >= 4 is 70.1 Å². The standard InChI is InChI=1S/C38H31NS/c1-3-11-26(12-4-1)27-19-22-30(23-20-27)39(29-14-5-2-6-15-29)34-25-36-38(33-18-10-9-17-32(33)34)37-31-16-8-7-13-28(31)21-24-35(37)40-36/h2,5-10,13-26H,1,3-4,11-12H2. The average molecular weight is 534 g/mol. The molecule has 0 atom stereocenters. The highest BCUT2D eigenvalue weighted by Crippen LogP contribution is 2.48. The Morgan fingerprint density at radius 2 is 1.18 bits per heavy atom. The van der Waals surface area contributed by atoms with E-state index in [1.54, 1.807) is 0 Å². The minimum Gasteiger partial charge on any atom is -0.310 e. The zero-order chi connectivity index (χ0) is 26.5. The van der Waals surface area contributed by atoms with Crippen molar-refractivity contribution in [2.45, 2.75) is 38.0 Å². The number of nitrogens with zero attached hydrogens (tertiary/aromatic N) is 1. The van der Waals surface area contributed by atoms with Gasteiger partial charge in [-0.1, -0.05) is 104 Å². The molecule has 0 aliphatic heterocycles. The molecule has 1 nitrogen and oxygen atoms in total. The van der Waals surface area contributed by atoms with Gasteiger partial charge in [-0.15, -0.1) is 11.3 Å². The molecule has 0 radical (unpaired) electrons. The van der Waals surface area contributed by atoms with Gasteiger partial charge in [0.05, 0.1) is 5.69 Å². The number of fused-ring (bicyclic) bond motifs is 7. The minimum atomic E-state index is 0.707. The molecule has 194 valence electrons. The van der Waals surface area contributed by atoms with Crippen LogP contribution in [-0.2, 0) is 0 Å². The highest BCUT2D eigenvalue weighted by atomic mass is 32.1. The second-order valence-electron chi connectivity index (χ2n) is 11.2. The molecule has 7 aromatic rings. The van der Waals surface area contributed by atoms with Crippen molar-refractivity contribution < 1.29 is 0 Å². The number of rotatable bonds is 4. The maximum Gasteiger partial charge on any atom is 0.0554 e. The van der Waals surface area contributed by atoms with E-state index in [0.29, 0.717) is 5.92 Å². The predicted molar refractivity (Wildman–Crippen MR) is 175 cm³/mol. The summed E-state index contributed by atoms with van der Waals surface area (Å²) in [4.78, 5) is 2.45. The van der Waals surface area contributed by atoms with E-state index in [1.807, 2.05) is 11.3 Å². The van der Waals surface area contributed by atoms with Gasteiger partial charge < -0.3 is 4.90 Å². The molecule has 0 saturated heterocycles. The van der Waals surface area contributed by atoms with Crippen molar-refractivity contribution in [1.82, 2.24) is 0 Å². The Hall–Kier alpha value is -4.14.